The van der Waals surface area contributed by atoms with E-state index in [-0.39, 0.29) is 28.7 Å². The number of nitro benzene ring substituents is 1. The first kappa shape index (κ1) is 35.9. The minimum Gasteiger partial charge on any atom is -0.399 e. The fourth-order valence-corrected chi connectivity index (χ4v) is 12.4. The second-order valence-corrected chi connectivity index (χ2v) is 17.3. The van der Waals surface area contributed by atoms with Crippen LogP contribution in [0.2, 0.25) is 0 Å². The summed E-state index contributed by atoms with van der Waals surface area (Å²) < 4.78 is 83.6. The molecule has 2 atom stereocenters. The zero-order valence-corrected chi connectivity index (χ0v) is 26.1. The predicted octanol–water partition coefficient (Wildman–Crippen LogP) is 4.00. The van der Waals surface area contributed by atoms with Gasteiger partial charge < -0.3 is 14.8 Å². The van der Waals surface area contributed by atoms with Crippen molar-refractivity contribution in [3.05, 3.63) is 58.6 Å². The summed E-state index contributed by atoms with van der Waals surface area (Å²) in [7, 11) is -14.5. The fourth-order valence-electron chi connectivity index (χ4n) is 3.20. The lowest BCUT2D eigenvalue weighted by Gasteiger charge is -2.18. The standard InChI is InChI=1S/C11H17N2O6PS.C11H19N2O4PS/c1-3-12-20(16,19-4-2)9-21(17,18)11-7-5-10(6-8-11)13(14)15;1-3-13-18(14,17-4-2)9-19(15,16)11-7-5-10(12)6-8-11/h5-8H,3-4,9H2,1-2H3,(H,12,16);5-8H,3-4,9,12H2,1-2H3,(H,13,14). The van der Waals surface area contributed by atoms with Crippen molar-refractivity contribution in [1.82, 2.24) is 10.2 Å². The van der Waals surface area contributed by atoms with E-state index in [0.29, 0.717) is 18.8 Å². The van der Waals surface area contributed by atoms with Crippen LogP contribution in [-0.2, 0) is 37.9 Å². The lowest BCUT2D eigenvalue weighted by atomic mass is 10.3. The largest absolute Gasteiger partial charge is 0.399 e. The van der Waals surface area contributed by atoms with Gasteiger partial charge in [0.2, 0.25) is 0 Å². The molecule has 0 saturated carbocycles. The van der Waals surface area contributed by atoms with Crippen LogP contribution in [0.3, 0.4) is 0 Å². The minimum absolute atomic E-state index is 0.0829. The maximum absolute atomic E-state index is 12.4. The molecule has 40 heavy (non-hydrogen) atoms. The van der Waals surface area contributed by atoms with Crippen LogP contribution in [0, 0.1) is 10.1 Å². The first-order valence-electron chi connectivity index (χ1n) is 12.1. The third-order valence-corrected chi connectivity index (χ3v) is 15.2. The third-order valence-electron chi connectivity index (χ3n) is 4.80. The molecule has 0 aliphatic rings. The van der Waals surface area contributed by atoms with Gasteiger partial charge in [-0.15, -0.1) is 0 Å². The number of hydrogen-bond acceptors (Lipinski definition) is 11. The Kier molecular flexibility index (Phi) is 14.1. The molecule has 0 aliphatic heterocycles. The van der Waals surface area contributed by atoms with Crippen LogP contribution in [0.4, 0.5) is 11.4 Å². The van der Waals surface area contributed by atoms with Gasteiger partial charge in [-0.25, -0.2) is 27.0 Å². The molecule has 18 heteroatoms. The zero-order chi connectivity index (χ0) is 30.6. The highest BCUT2D eigenvalue weighted by Gasteiger charge is 2.32. The molecule has 0 aromatic heterocycles. The molecule has 0 bridgehead atoms. The number of anilines is 1. The summed E-state index contributed by atoms with van der Waals surface area (Å²) in [5.41, 5.74) is 4.50. The summed E-state index contributed by atoms with van der Waals surface area (Å²) in [6.45, 7) is 7.66. The number of nitrogen functional groups attached to an aromatic ring is 1. The van der Waals surface area contributed by atoms with E-state index in [1.807, 2.05) is 0 Å². The van der Waals surface area contributed by atoms with E-state index in [1.54, 1.807) is 27.7 Å². The Bertz CT molecular complexity index is 1400. The maximum Gasteiger partial charge on any atom is 0.285 e. The van der Waals surface area contributed by atoms with Gasteiger partial charge in [0.15, 0.2) is 19.7 Å². The van der Waals surface area contributed by atoms with Crippen molar-refractivity contribution in [2.75, 3.05) is 43.0 Å². The Morgan fingerprint density at radius 1 is 0.750 bits per heavy atom. The molecule has 226 valence electrons. The number of hydrogen-bond donors (Lipinski definition) is 3. The zero-order valence-electron chi connectivity index (χ0n) is 22.7. The van der Waals surface area contributed by atoms with Crippen LogP contribution in [-0.4, -0.2) is 59.1 Å². The Balaban J connectivity index is 0.000000402. The molecule has 0 saturated heterocycles. The van der Waals surface area contributed by atoms with Gasteiger partial charge in [0, 0.05) is 30.9 Å². The first-order chi connectivity index (χ1) is 18.6. The quantitative estimate of drug-likeness (QED) is 0.109. The molecule has 0 amide bonds. The average molecular weight is 643 g/mol. The Hall–Kier alpha value is -2.16. The fraction of sp³-hybridized carbons (Fsp3) is 0.455. The Morgan fingerprint density at radius 3 is 1.40 bits per heavy atom. The minimum atomic E-state index is -3.88. The van der Waals surface area contributed by atoms with Gasteiger partial charge in [0.05, 0.1) is 27.9 Å². The number of nitro groups is 1. The van der Waals surface area contributed by atoms with Gasteiger partial charge in [-0.3, -0.25) is 19.2 Å². The van der Waals surface area contributed by atoms with Crippen LogP contribution in [0.25, 0.3) is 0 Å². The van der Waals surface area contributed by atoms with Crippen LogP contribution in [0.5, 0.6) is 0 Å². The molecule has 4 N–H and O–H groups in total. The third kappa shape index (κ3) is 11.4. The molecule has 0 aliphatic carbocycles. The molecular formula is C22H36N4O10P2S2. The van der Waals surface area contributed by atoms with Crippen molar-refractivity contribution in [3.63, 3.8) is 0 Å². The average Bonchev–Trinajstić information content (AvgIpc) is 2.84. The summed E-state index contributed by atoms with van der Waals surface area (Å²) in [6, 6.07) is 10.2. The lowest BCUT2D eigenvalue weighted by molar-refractivity contribution is -0.384. The molecule has 0 heterocycles. The van der Waals surface area contributed by atoms with Crippen molar-refractivity contribution in [2.45, 2.75) is 37.5 Å². The van der Waals surface area contributed by atoms with E-state index in [2.05, 4.69) is 10.2 Å². The van der Waals surface area contributed by atoms with Crippen molar-refractivity contribution < 1.29 is 39.9 Å². The Morgan fingerprint density at radius 2 is 1.10 bits per heavy atom. The lowest BCUT2D eigenvalue weighted by Crippen LogP contribution is -2.19. The second-order valence-electron chi connectivity index (χ2n) is 8.01. The summed E-state index contributed by atoms with van der Waals surface area (Å²) in [5.74, 6) is 0. The Labute approximate surface area is 235 Å². The monoisotopic (exact) mass is 642 g/mol. The number of nitrogens with zero attached hydrogens (tertiary/aromatic N) is 1. The summed E-state index contributed by atoms with van der Waals surface area (Å²) >= 11 is 0. The second kappa shape index (κ2) is 15.7. The van der Waals surface area contributed by atoms with Crippen molar-refractivity contribution >= 4 is 46.1 Å². The van der Waals surface area contributed by atoms with Crippen molar-refractivity contribution in [3.8, 4) is 0 Å². The summed E-state index contributed by atoms with van der Waals surface area (Å²) in [5, 5.41) is 15.7. The van der Waals surface area contributed by atoms with Crippen LogP contribution in [0.1, 0.15) is 27.7 Å². The van der Waals surface area contributed by atoms with E-state index in [0.717, 1.165) is 24.3 Å². The van der Waals surface area contributed by atoms with Crippen LogP contribution in [0.15, 0.2) is 58.3 Å². The molecule has 2 rings (SSSR count). The van der Waals surface area contributed by atoms with Crippen LogP contribution >= 0.6 is 15.0 Å². The van der Waals surface area contributed by atoms with E-state index in [4.69, 9.17) is 14.8 Å². The van der Waals surface area contributed by atoms with Gasteiger partial charge in [-0.1, -0.05) is 13.8 Å². The van der Waals surface area contributed by atoms with Gasteiger partial charge in [-0.2, -0.15) is 0 Å². The molecule has 0 spiro atoms. The molecule has 0 radical (unpaired) electrons. The predicted molar refractivity (Wildman–Crippen MR) is 154 cm³/mol. The number of rotatable bonds is 15. The van der Waals surface area contributed by atoms with Gasteiger partial charge in [0.1, 0.15) is 11.0 Å². The first-order valence-corrected chi connectivity index (χ1v) is 19.0. The maximum atomic E-state index is 12.4. The number of sulfone groups is 2. The SMILES string of the molecule is CCNP(=O)(CS(=O)(=O)c1ccc(N)cc1)OCC.CCNP(=O)(CS(=O)(=O)c1ccc([N+](=O)[O-])cc1)OCC. The van der Waals surface area contributed by atoms with Crippen LogP contribution < -0.4 is 15.9 Å². The number of non-ortho nitro benzene ring substituents is 1. The molecule has 14 nitrogen and oxygen atoms in total. The highest BCUT2D eigenvalue weighted by Crippen LogP contribution is 2.45. The highest BCUT2D eigenvalue weighted by molar-refractivity contribution is 7.98. The number of benzene rings is 2. The molecular weight excluding hydrogens is 606 g/mol. The topological polar surface area (TPSA) is 214 Å². The van der Waals surface area contributed by atoms with Gasteiger partial charge in [0.25, 0.3) is 20.7 Å². The summed E-state index contributed by atoms with van der Waals surface area (Å²) in [6.07, 6.45) is 0. The normalized spacial score (nSPS) is 14.8. The summed E-state index contributed by atoms with van der Waals surface area (Å²) in [4.78, 5) is 9.87. The van der Waals surface area contributed by atoms with Gasteiger partial charge in [-0.05, 0) is 50.2 Å². The highest BCUT2D eigenvalue weighted by atomic mass is 32.2. The van der Waals surface area contributed by atoms with E-state index in [1.165, 1.54) is 24.3 Å². The van der Waals surface area contributed by atoms with E-state index in [9.17, 15) is 36.1 Å². The number of nitrogens with two attached hydrogens (primary N) is 1. The molecule has 0 fully saturated rings. The molecule has 2 unspecified atom stereocenters. The van der Waals surface area contributed by atoms with E-state index >= 15 is 0 Å². The number of nitrogens with one attached hydrogen (secondary N) is 2. The van der Waals surface area contributed by atoms with E-state index < -0.39 is 50.6 Å². The van der Waals surface area contributed by atoms with Gasteiger partial charge >= 0.3 is 0 Å². The molecule has 2 aromatic rings. The smallest absolute Gasteiger partial charge is 0.285 e. The van der Waals surface area contributed by atoms with Crippen molar-refractivity contribution in [1.29, 1.82) is 0 Å². The van der Waals surface area contributed by atoms with Crippen molar-refractivity contribution in [2.24, 2.45) is 0 Å². The molecule has 2 aromatic carbocycles.